The van der Waals surface area contributed by atoms with Crippen molar-refractivity contribution in [1.29, 1.82) is 0 Å². The Morgan fingerprint density at radius 2 is 1.97 bits per heavy atom. The lowest BCUT2D eigenvalue weighted by Gasteiger charge is -2.21. The number of rotatable bonds is 7. The van der Waals surface area contributed by atoms with Crippen LogP contribution < -0.4 is 4.72 Å². The first-order valence-corrected chi connectivity index (χ1v) is 13.3. The zero-order valence-corrected chi connectivity index (χ0v) is 20.4. The number of nitrogens with one attached hydrogen (secondary N) is 2. The molecular weight excluding hydrogens is 454 g/mol. The summed E-state index contributed by atoms with van der Waals surface area (Å²) in [5, 5.41) is 8.37. The first-order chi connectivity index (χ1) is 15.8. The second kappa shape index (κ2) is 10.2. The van der Waals surface area contributed by atoms with Gasteiger partial charge >= 0.3 is 0 Å². The third-order valence-electron chi connectivity index (χ3n) is 6.38. The summed E-state index contributed by atoms with van der Waals surface area (Å²) in [5.41, 5.74) is 4.52. The van der Waals surface area contributed by atoms with E-state index < -0.39 is 10.0 Å². The largest absolute Gasteiger partial charge is 0.281 e. The van der Waals surface area contributed by atoms with Crippen LogP contribution in [0.15, 0.2) is 61.2 Å². The van der Waals surface area contributed by atoms with Crippen molar-refractivity contribution in [3.8, 4) is 0 Å². The van der Waals surface area contributed by atoms with Crippen LogP contribution in [0.5, 0.6) is 0 Å². The molecule has 0 radical (unpaired) electrons. The van der Waals surface area contributed by atoms with E-state index in [4.69, 9.17) is 11.6 Å². The molecule has 0 saturated heterocycles. The van der Waals surface area contributed by atoms with Crippen molar-refractivity contribution in [2.24, 2.45) is 0 Å². The van der Waals surface area contributed by atoms with Gasteiger partial charge in [0, 0.05) is 28.2 Å². The molecule has 4 rings (SSSR count). The average Bonchev–Trinajstić information content (AvgIpc) is 3.19. The van der Waals surface area contributed by atoms with Crippen LogP contribution in [0.2, 0.25) is 5.02 Å². The summed E-state index contributed by atoms with van der Waals surface area (Å²) >= 11 is 6.20. The smallest absolute Gasteiger partial charge is 0.242 e. The van der Waals surface area contributed by atoms with Gasteiger partial charge < -0.3 is 0 Å². The number of nitrogens with zero attached hydrogens (tertiary/aromatic N) is 1. The zero-order valence-electron chi connectivity index (χ0n) is 18.9. The fraction of sp³-hybridized carbons (Fsp3) is 0.346. The molecule has 1 heterocycles. The SMILES string of the molecule is C=C(c1n[nH]c2c1CCCCCC2Cc1cccc(Cl)c1)S(=O)(=O)N[C@@H](C)c1ccccc1. The van der Waals surface area contributed by atoms with Gasteiger partial charge in [0.15, 0.2) is 0 Å². The molecule has 174 valence electrons. The number of H-pyrrole nitrogens is 1. The van der Waals surface area contributed by atoms with Gasteiger partial charge in [0.2, 0.25) is 10.0 Å². The predicted molar refractivity (Wildman–Crippen MR) is 135 cm³/mol. The first-order valence-electron chi connectivity index (χ1n) is 11.4. The number of benzene rings is 2. The monoisotopic (exact) mass is 483 g/mol. The fourth-order valence-electron chi connectivity index (χ4n) is 4.61. The van der Waals surface area contributed by atoms with Crippen molar-refractivity contribution >= 4 is 26.5 Å². The minimum Gasteiger partial charge on any atom is -0.281 e. The normalized spacial score (nSPS) is 17.6. The van der Waals surface area contributed by atoms with Gasteiger partial charge in [-0.15, -0.1) is 0 Å². The number of fused-ring (bicyclic) bond motifs is 1. The van der Waals surface area contributed by atoms with E-state index in [0.29, 0.717) is 5.69 Å². The summed E-state index contributed by atoms with van der Waals surface area (Å²) in [6, 6.07) is 17.1. The third-order valence-corrected chi connectivity index (χ3v) is 8.12. The van der Waals surface area contributed by atoms with E-state index in [-0.39, 0.29) is 16.9 Å². The van der Waals surface area contributed by atoms with Crippen LogP contribution in [0, 0.1) is 0 Å². The van der Waals surface area contributed by atoms with Crippen LogP contribution in [0.1, 0.15) is 72.6 Å². The van der Waals surface area contributed by atoms with E-state index in [9.17, 15) is 8.42 Å². The van der Waals surface area contributed by atoms with Gasteiger partial charge in [0.05, 0.1) is 0 Å². The summed E-state index contributed by atoms with van der Waals surface area (Å²) < 4.78 is 29.1. The third kappa shape index (κ3) is 5.57. The molecule has 3 aromatic rings. The summed E-state index contributed by atoms with van der Waals surface area (Å²) in [6.07, 6.45) is 5.88. The first kappa shape index (κ1) is 23.7. The summed E-state index contributed by atoms with van der Waals surface area (Å²) in [7, 11) is -3.81. The molecule has 33 heavy (non-hydrogen) atoms. The molecule has 0 fully saturated rings. The quantitative estimate of drug-likeness (QED) is 0.422. The van der Waals surface area contributed by atoms with E-state index >= 15 is 0 Å². The second-order valence-electron chi connectivity index (χ2n) is 8.77. The van der Waals surface area contributed by atoms with Gasteiger partial charge in [-0.05, 0) is 55.9 Å². The van der Waals surface area contributed by atoms with E-state index in [0.717, 1.165) is 60.4 Å². The maximum atomic E-state index is 13.2. The molecule has 1 aromatic heterocycles. The number of sulfonamides is 1. The molecule has 1 aliphatic rings. The Labute approximate surface area is 201 Å². The van der Waals surface area contributed by atoms with Crippen LogP contribution in [-0.2, 0) is 22.9 Å². The van der Waals surface area contributed by atoms with Crippen molar-refractivity contribution in [3.63, 3.8) is 0 Å². The summed E-state index contributed by atoms with van der Waals surface area (Å²) in [5.74, 6) is 0.228. The van der Waals surface area contributed by atoms with Crippen molar-refractivity contribution in [1.82, 2.24) is 14.9 Å². The average molecular weight is 484 g/mol. The molecule has 1 unspecified atom stereocenters. The lowest BCUT2D eigenvalue weighted by Crippen LogP contribution is -2.27. The highest BCUT2D eigenvalue weighted by atomic mass is 35.5. The van der Waals surface area contributed by atoms with Gasteiger partial charge in [-0.3, -0.25) is 5.10 Å². The second-order valence-corrected chi connectivity index (χ2v) is 10.9. The van der Waals surface area contributed by atoms with Crippen molar-refractivity contribution in [2.45, 2.75) is 57.4 Å². The Bertz CT molecular complexity index is 1220. The standard InChI is InChI=1S/C26H30ClN3O2S/c1-18(21-11-5-3-6-12-21)30-33(31,32)19(2)25-24-15-8-4-7-13-22(26(24)29-28-25)16-20-10-9-14-23(27)17-20/h3,5-6,9-12,14,17-18,22,30H,2,4,7-8,13,15-16H2,1H3,(H,28,29)/t18-,22?/m0/s1. The number of hydrogen-bond acceptors (Lipinski definition) is 3. The van der Waals surface area contributed by atoms with Crippen LogP contribution in [0.4, 0.5) is 0 Å². The topological polar surface area (TPSA) is 74.8 Å². The minimum absolute atomic E-state index is 0.0184. The van der Waals surface area contributed by atoms with E-state index in [1.165, 1.54) is 5.56 Å². The summed E-state index contributed by atoms with van der Waals surface area (Å²) in [4.78, 5) is 0.0184. The molecule has 1 aliphatic carbocycles. The summed E-state index contributed by atoms with van der Waals surface area (Å²) in [6.45, 7) is 5.78. The Kier molecular flexibility index (Phi) is 7.37. The van der Waals surface area contributed by atoms with E-state index in [2.05, 4.69) is 27.6 Å². The van der Waals surface area contributed by atoms with Crippen molar-refractivity contribution in [2.75, 3.05) is 0 Å². The highest BCUT2D eigenvalue weighted by molar-refractivity contribution is 7.98. The lowest BCUT2D eigenvalue weighted by molar-refractivity contribution is 0.522. The van der Waals surface area contributed by atoms with Crippen LogP contribution >= 0.6 is 11.6 Å². The van der Waals surface area contributed by atoms with Crippen LogP contribution in [-0.4, -0.2) is 18.6 Å². The number of aromatic amines is 1. The number of hydrogen-bond donors (Lipinski definition) is 2. The van der Waals surface area contributed by atoms with Gasteiger partial charge in [0.1, 0.15) is 10.6 Å². The van der Waals surface area contributed by atoms with Gasteiger partial charge in [-0.25, -0.2) is 13.1 Å². The van der Waals surface area contributed by atoms with Gasteiger partial charge in [-0.1, -0.05) is 73.5 Å². The van der Waals surface area contributed by atoms with Crippen molar-refractivity contribution in [3.05, 3.63) is 94.3 Å². The van der Waals surface area contributed by atoms with Crippen molar-refractivity contribution < 1.29 is 8.42 Å². The Hall–Kier alpha value is -2.41. The molecule has 2 aromatic carbocycles. The number of halogens is 1. The molecule has 0 amide bonds. The maximum Gasteiger partial charge on any atom is 0.242 e. The Morgan fingerprint density at radius 3 is 2.73 bits per heavy atom. The molecule has 5 nitrogen and oxygen atoms in total. The van der Waals surface area contributed by atoms with E-state index in [1.807, 2.05) is 55.5 Å². The molecule has 7 heteroatoms. The Morgan fingerprint density at radius 1 is 1.18 bits per heavy atom. The molecule has 0 bridgehead atoms. The molecule has 2 N–H and O–H groups in total. The minimum atomic E-state index is -3.81. The number of aromatic nitrogens is 2. The lowest BCUT2D eigenvalue weighted by atomic mass is 9.85. The highest BCUT2D eigenvalue weighted by Crippen LogP contribution is 2.35. The highest BCUT2D eigenvalue weighted by Gasteiger charge is 2.29. The Balaban J connectivity index is 1.60. The van der Waals surface area contributed by atoms with Gasteiger partial charge in [0.25, 0.3) is 0 Å². The fourth-order valence-corrected chi connectivity index (χ4v) is 5.99. The van der Waals surface area contributed by atoms with E-state index in [1.54, 1.807) is 0 Å². The molecule has 2 atom stereocenters. The predicted octanol–water partition coefficient (Wildman–Crippen LogP) is 6.16. The molecule has 0 aliphatic heterocycles. The van der Waals surface area contributed by atoms with Gasteiger partial charge in [-0.2, -0.15) is 5.10 Å². The van der Waals surface area contributed by atoms with Crippen LogP contribution in [0.3, 0.4) is 0 Å². The maximum absolute atomic E-state index is 13.2. The molecule has 0 saturated carbocycles. The molecular formula is C26H30ClN3O2S. The zero-order chi connectivity index (χ0) is 23.4. The van der Waals surface area contributed by atoms with Crippen LogP contribution in [0.25, 0.3) is 4.91 Å². The molecule has 0 spiro atoms.